The van der Waals surface area contributed by atoms with Crippen LogP contribution in [0.1, 0.15) is 52.1 Å². The minimum atomic E-state index is -3.77. The number of carbonyl (C=O) groups excluding carboxylic acids is 2. The molecule has 1 saturated heterocycles. The third-order valence-electron chi connectivity index (χ3n) is 6.65. The highest BCUT2D eigenvalue weighted by Gasteiger charge is 2.45. The SMILES string of the molecule is CC1c2cc(-c3cn(C(=O)OC(C)(C)C)c4cc(F)ccc34)ccc2S(=O)(=O)N1C1CCNC(=O)C1. The summed E-state index contributed by atoms with van der Waals surface area (Å²) in [6, 6.07) is 8.39. The van der Waals surface area contributed by atoms with Crippen LogP contribution >= 0.6 is 0 Å². The predicted octanol–water partition coefficient (Wildman–Crippen LogP) is 4.57. The van der Waals surface area contributed by atoms with Gasteiger partial charge in [-0.25, -0.2) is 17.6 Å². The molecule has 190 valence electrons. The number of rotatable bonds is 2. The molecule has 2 unspecified atom stereocenters. The second-order valence-electron chi connectivity index (χ2n) is 10.3. The summed E-state index contributed by atoms with van der Waals surface area (Å²) in [6.07, 6.45) is 1.63. The molecule has 36 heavy (non-hydrogen) atoms. The van der Waals surface area contributed by atoms with E-state index in [9.17, 15) is 22.4 Å². The van der Waals surface area contributed by atoms with Gasteiger partial charge in [0.15, 0.2) is 0 Å². The molecule has 2 aliphatic rings. The quantitative estimate of drug-likeness (QED) is 0.541. The Bertz CT molecular complexity index is 1510. The maximum Gasteiger partial charge on any atom is 0.419 e. The third-order valence-corrected chi connectivity index (χ3v) is 8.74. The van der Waals surface area contributed by atoms with Crippen LogP contribution in [0.2, 0.25) is 0 Å². The summed E-state index contributed by atoms with van der Waals surface area (Å²) >= 11 is 0. The van der Waals surface area contributed by atoms with Crippen molar-refractivity contribution in [1.82, 2.24) is 14.2 Å². The first-order valence-corrected chi connectivity index (χ1v) is 13.3. The number of hydrogen-bond acceptors (Lipinski definition) is 5. The van der Waals surface area contributed by atoms with Gasteiger partial charge in [-0.15, -0.1) is 0 Å². The van der Waals surface area contributed by atoms with Crippen molar-refractivity contribution in [3.05, 3.63) is 54.0 Å². The molecule has 10 heteroatoms. The molecule has 8 nitrogen and oxygen atoms in total. The fourth-order valence-corrected chi connectivity index (χ4v) is 7.22. The fraction of sp³-hybridized carbons (Fsp3) is 0.385. The Hall–Kier alpha value is -3.24. The summed E-state index contributed by atoms with van der Waals surface area (Å²) < 4.78 is 49.2. The number of ether oxygens (including phenoxy) is 1. The zero-order valence-corrected chi connectivity index (χ0v) is 21.4. The first-order valence-electron chi connectivity index (χ1n) is 11.9. The van der Waals surface area contributed by atoms with Crippen LogP contribution in [0, 0.1) is 5.82 Å². The molecule has 0 bridgehead atoms. The van der Waals surface area contributed by atoms with Crippen molar-refractivity contribution < 1.29 is 27.1 Å². The lowest BCUT2D eigenvalue weighted by Crippen LogP contribution is -2.46. The van der Waals surface area contributed by atoms with Crippen LogP contribution in [0.25, 0.3) is 22.0 Å². The van der Waals surface area contributed by atoms with E-state index >= 15 is 0 Å². The fourth-order valence-electron chi connectivity index (χ4n) is 5.12. The largest absolute Gasteiger partial charge is 0.443 e. The van der Waals surface area contributed by atoms with Crippen LogP contribution in [-0.4, -0.2) is 47.5 Å². The molecule has 0 radical (unpaired) electrons. The number of nitrogens with one attached hydrogen (secondary N) is 1. The number of piperidine rings is 1. The lowest BCUT2D eigenvalue weighted by Gasteiger charge is -2.32. The van der Waals surface area contributed by atoms with Crippen LogP contribution in [-0.2, 0) is 19.6 Å². The molecule has 1 N–H and O–H groups in total. The number of aromatic nitrogens is 1. The highest BCUT2D eigenvalue weighted by atomic mass is 32.2. The van der Waals surface area contributed by atoms with Gasteiger partial charge in [0.1, 0.15) is 11.4 Å². The number of sulfonamides is 1. The van der Waals surface area contributed by atoms with Crippen LogP contribution in [0.15, 0.2) is 47.5 Å². The summed E-state index contributed by atoms with van der Waals surface area (Å²) in [5.41, 5.74) is 1.59. The Labute approximate surface area is 209 Å². The van der Waals surface area contributed by atoms with E-state index in [1.54, 1.807) is 51.2 Å². The normalized spacial score (nSPS) is 21.9. The van der Waals surface area contributed by atoms with E-state index < -0.39 is 39.6 Å². The summed E-state index contributed by atoms with van der Waals surface area (Å²) in [4.78, 5) is 25.1. The highest BCUT2D eigenvalue weighted by molar-refractivity contribution is 7.89. The van der Waals surface area contributed by atoms with Crippen LogP contribution in [0.4, 0.5) is 9.18 Å². The molecule has 1 aromatic heterocycles. The highest BCUT2D eigenvalue weighted by Crippen LogP contribution is 2.44. The van der Waals surface area contributed by atoms with Crippen LogP contribution < -0.4 is 5.32 Å². The van der Waals surface area contributed by atoms with Crippen LogP contribution in [0.5, 0.6) is 0 Å². The van der Waals surface area contributed by atoms with Gasteiger partial charge >= 0.3 is 6.09 Å². The minimum Gasteiger partial charge on any atom is -0.443 e. The topological polar surface area (TPSA) is 97.7 Å². The average molecular weight is 514 g/mol. The number of fused-ring (bicyclic) bond motifs is 2. The zero-order valence-electron chi connectivity index (χ0n) is 20.5. The van der Waals surface area contributed by atoms with Crippen molar-refractivity contribution in [2.75, 3.05) is 6.54 Å². The molecule has 0 saturated carbocycles. The zero-order chi connectivity index (χ0) is 26.0. The number of nitrogens with zero attached hydrogens (tertiary/aromatic N) is 2. The van der Waals surface area contributed by atoms with E-state index in [4.69, 9.17) is 4.74 Å². The van der Waals surface area contributed by atoms with Crippen molar-refractivity contribution in [2.24, 2.45) is 0 Å². The van der Waals surface area contributed by atoms with Crippen molar-refractivity contribution >= 4 is 32.9 Å². The molecular weight excluding hydrogens is 485 g/mol. The van der Waals surface area contributed by atoms with Crippen molar-refractivity contribution in [3.63, 3.8) is 0 Å². The monoisotopic (exact) mass is 513 g/mol. The molecular formula is C26H28FN3O5S. The smallest absolute Gasteiger partial charge is 0.419 e. The Morgan fingerprint density at radius 1 is 1.17 bits per heavy atom. The van der Waals surface area contributed by atoms with Gasteiger partial charge in [-0.2, -0.15) is 4.31 Å². The molecule has 1 fully saturated rings. The molecule has 3 aromatic rings. The number of benzene rings is 2. The molecule has 2 aromatic carbocycles. The molecule has 5 rings (SSSR count). The number of amides is 1. The van der Waals surface area contributed by atoms with Gasteiger partial charge in [0.05, 0.1) is 10.4 Å². The number of halogens is 1. The Morgan fingerprint density at radius 2 is 1.92 bits per heavy atom. The predicted molar refractivity (Wildman–Crippen MR) is 132 cm³/mol. The van der Waals surface area contributed by atoms with Crippen molar-refractivity contribution in [2.45, 2.75) is 63.1 Å². The van der Waals surface area contributed by atoms with Gasteiger partial charge in [-0.1, -0.05) is 6.07 Å². The van der Waals surface area contributed by atoms with E-state index in [-0.39, 0.29) is 17.2 Å². The second kappa shape index (κ2) is 8.41. The number of hydrogen-bond donors (Lipinski definition) is 1. The Morgan fingerprint density at radius 3 is 2.61 bits per heavy atom. The van der Waals surface area contributed by atoms with Gasteiger partial charge in [-0.3, -0.25) is 9.36 Å². The molecule has 1 amide bonds. The Balaban J connectivity index is 1.60. The molecule has 2 aliphatic heterocycles. The maximum absolute atomic E-state index is 14.1. The molecule has 0 spiro atoms. The van der Waals surface area contributed by atoms with Gasteiger partial charge in [-0.05, 0) is 75.6 Å². The molecule has 2 atom stereocenters. The first kappa shape index (κ1) is 24.5. The standard InChI is InChI=1S/C26H28FN3O5S/c1-15-20-11-16(5-8-23(20)36(33,34)30(15)18-9-10-28-24(31)13-18)21-14-29(25(32)35-26(2,3)4)22-12-17(27)6-7-19(21)22/h5-8,11-12,14-15,18H,9-10,13H2,1-4H3,(H,28,31). The van der Waals surface area contributed by atoms with E-state index in [2.05, 4.69) is 5.32 Å². The lowest BCUT2D eigenvalue weighted by atomic mass is 9.98. The summed E-state index contributed by atoms with van der Waals surface area (Å²) in [6.45, 7) is 7.51. The van der Waals surface area contributed by atoms with Crippen molar-refractivity contribution in [1.29, 1.82) is 0 Å². The van der Waals surface area contributed by atoms with Gasteiger partial charge in [0, 0.05) is 42.2 Å². The average Bonchev–Trinajstić information content (AvgIpc) is 3.25. The number of carbonyl (C=O) groups is 2. The summed E-state index contributed by atoms with van der Waals surface area (Å²) in [5, 5.41) is 3.38. The maximum atomic E-state index is 14.1. The first-order chi connectivity index (χ1) is 16.9. The second-order valence-corrected chi connectivity index (χ2v) is 12.1. The minimum absolute atomic E-state index is 0.124. The van der Waals surface area contributed by atoms with E-state index in [1.165, 1.54) is 21.0 Å². The molecule has 0 aliphatic carbocycles. The van der Waals surface area contributed by atoms with E-state index in [1.807, 2.05) is 6.92 Å². The third kappa shape index (κ3) is 4.08. The Kier molecular flexibility index (Phi) is 5.72. The van der Waals surface area contributed by atoms with Gasteiger partial charge < -0.3 is 10.1 Å². The molecule has 3 heterocycles. The van der Waals surface area contributed by atoms with Crippen molar-refractivity contribution in [3.8, 4) is 11.1 Å². The lowest BCUT2D eigenvalue weighted by molar-refractivity contribution is -0.123. The van der Waals surface area contributed by atoms with E-state index in [0.29, 0.717) is 40.6 Å². The van der Waals surface area contributed by atoms with Gasteiger partial charge in [0.2, 0.25) is 15.9 Å². The van der Waals surface area contributed by atoms with Gasteiger partial charge in [0.25, 0.3) is 0 Å². The summed E-state index contributed by atoms with van der Waals surface area (Å²) in [7, 11) is -3.77. The van der Waals surface area contributed by atoms with Crippen LogP contribution in [0.3, 0.4) is 0 Å². The summed E-state index contributed by atoms with van der Waals surface area (Å²) in [5.74, 6) is -0.648. The van der Waals surface area contributed by atoms with E-state index in [0.717, 1.165) is 0 Å².